The Kier molecular flexibility index (Phi) is 6.97. The highest BCUT2D eigenvalue weighted by Gasteiger charge is 2.38. The third-order valence-electron chi connectivity index (χ3n) is 5.83. The summed E-state index contributed by atoms with van der Waals surface area (Å²) >= 11 is 0. The highest BCUT2D eigenvalue weighted by molar-refractivity contribution is 6.11. The lowest BCUT2D eigenvalue weighted by atomic mass is 10.1. The molecule has 0 saturated carbocycles. The molecule has 1 N–H and O–H groups in total. The molecule has 3 aromatic rings. The third-order valence-corrected chi connectivity index (χ3v) is 5.83. The second-order valence-electron chi connectivity index (χ2n) is 8.26. The van der Waals surface area contributed by atoms with Crippen molar-refractivity contribution in [3.63, 3.8) is 0 Å². The molecule has 2 amide bonds. The van der Waals surface area contributed by atoms with Crippen LogP contribution in [0, 0.1) is 0 Å². The summed E-state index contributed by atoms with van der Waals surface area (Å²) in [5, 5.41) is 3.06. The van der Waals surface area contributed by atoms with Crippen LogP contribution in [0.1, 0.15) is 27.9 Å². The zero-order valence-corrected chi connectivity index (χ0v) is 18.4. The fraction of sp³-hybridized carbons (Fsp3) is 0.259. The highest BCUT2D eigenvalue weighted by Crippen LogP contribution is 2.33. The van der Waals surface area contributed by atoms with E-state index in [4.69, 9.17) is 0 Å². The topological polar surface area (TPSA) is 52.7 Å². The quantitative estimate of drug-likeness (QED) is 0.555. The van der Waals surface area contributed by atoms with Crippen molar-refractivity contribution >= 4 is 17.5 Å². The average molecular weight is 428 g/mol. The van der Waals surface area contributed by atoms with Gasteiger partial charge in [-0.15, -0.1) is 0 Å². The molecule has 5 nitrogen and oxygen atoms in total. The normalized spacial score (nSPS) is 14.9. The van der Waals surface area contributed by atoms with Gasteiger partial charge in [-0.2, -0.15) is 0 Å². The van der Waals surface area contributed by atoms with E-state index in [2.05, 4.69) is 29.4 Å². The summed E-state index contributed by atoms with van der Waals surface area (Å²) in [5.41, 5.74) is 3.71. The van der Waals surface area contributed by atoms with E-state index < -0.39 is 6.04 Å². The lowest BCUT2D eigenvalue weighted by Gasteiger charge is -2.25. The van der Waals surface area contributed by atoms with Gasteiger partial charge in [0, 0.05) is 30.8 Å². The van der Waals surface area contributed by atoms with Gasteiger partial charge >= 0.3 is 0 Å². The van der Waals surface area contributed by atoms with Crippen LogP contribution in [0.25, 0.3) is 0 Å². The summed E-state index contributed by atoms with van der Waals surface area (Å²) in [5.74, 6) is -0.241. The minimum absolute atomic E-state index is 0.101. The molecular weight excluding hydrogens is 398 g/mol. The first kappa shape index (κ1) is 21.8. The predicted molar refractivity (Wildman–Crippen MR) is 128 cm³/mol. The molecule has 0 aliphatic carbocycles. The zero-order valence-electron chi connectivity index (χ0n) is 18.4. The Balaban J connectivity index is 1.35. The SMILES string of the molecule is CN(CCCNC(=O)[C@@H]1Cc2ccccc2N1C(=O)c1ccccc1)Cc1ccccc1. The van der Waals surface area contributed by atoms with E-state index in [1.807, 2.05) is 60.7 Å². The summed E-state index contributed by atoms with van der Waals surface area (Å²) < 4.78 is 0. The number of anilines is 1. The van der Waals surface area contributed by atoms with Crippen molar-refractivity contribution in [3.05, 3.63) is 102 Å². The molecule has 1 aliphatic heterocycles. The van der Waals surface area contributed by atoms with Crippen LogP contribution in [0.3, 0.4) is 0 Å². The van der Waals surface area contributed by atoms with Crippen molar-refractivity contribution in [1.29, 1.82) is 0 Å². The fourth-order valence-electron chi connectivity index (χ4n) is 4.22. The van der Waals surface area contributed by atoms with Crippen molar-refractivity contribution in [2.75, 3.05) is 25.0 Å². The molecule has 1 heterocycles. The maximum Gasteiger partial charge on any atom is 0.259 e. The van der Waals surface area contributed by atoms with Gasteiger partial charge in [0.25, 0.3) is 5.91 Å². The lowest BCUT2D eigenvalue weighted by molar-refractivity contribution is -0.122. The molecular formula is C27H29N3O2. The molecule has 5 heteroatoms. The molecule has 4 rings (SSSR count). The second kappa shape index (κ2) is 10.2. The molecule has 32 heavy (non-hydrogen) atoms. The first-order valence-corrected chi connectivity index (χ1v) is 11.1. The van der Waals surface area contributed by atoms with Gasteiger partial charge in [-0.05, 0) is 49.3 Å². The van der Waals surface area contributed by atoms with Crippen LogP contribution in [-0.2, 0) is 17.8 Å². The Morgan fingerprint density at radius 1 is 0.938 bits per heavy atom. The number of hydrogen-bond acceptors (Lipinski definition) is 3. The van der Waals surface area contributed by atoms with Crippen LogP contribution in [0.15, 0.2) is 84.9 Å². The summed E-state index contributed by atoms with van der Waals surface area (Å²) in [7, 11) is 2.09. The molecule has 0 fully saturated rings. The molecule has 0 radical (unpaired) electrons. The molecule has 0 saturated heterocycles. The van der Waals surface area contributed by atoms with E-state index in [1.54, 1.807) is 17.0 Å². The average Bonchev–Trinajstić information content (AvgIpc) is 3.22. The number of carbonyl (C=O) groups excluding carboxylic acids is 2. The molecule has 1 aliphatic rings. The zero-order chi connectivity index (χ0) is 22.3. The van der Waals surface area contributed by atoms with Gasteiger partial charge in [-0.3, -0.25) is 14.5 Å². The summed E-state index contributed by atoms with van der Waals surface area (Å²) in [6.45, 7) is 2.34. The van der Waals surface area contributed by atoms with Gasteiger partial charge in [0.05, 0.1) is 0 Å². The standard InChI is InChI=1S/C27H29N3O2/c1-29(20-21-11-4-2-5-12-21)18-10-17-28-26(31)25-19-23-15-8-9-16-24(23)30(25)27(32)22-13-6-3-7-14-22/h2-9,11-16,25H,10,17-20H2,1H3,(H,28,31)/t25-/m0/s1. The first-order chi connectivity index (χ1) is 15.6. The lowest BCUT2D eigenvalue weighted by Crippen LogP contribution is -2.48. The number of nitrogens with zero attached hydrogens (tertiary/aromatic N) is 2. The number of fused-ring (bicyclic) bond motifs is 1. The van der Waals surface area contributed by atoms with Crippen molar-refractivity contribution in [2.24, 2.45) is 0 Å². The molecule has 0 unspecified atom stereocenters. The van der Waals surface area contributed by atoms with Crippen molar-refractivity contribution < 1.29 is 9.59 Å². The van der Waals surface area contributed by atoms with E-state index in [1.165, 1.54) is 5.56 Å². The molecule has 0 bridgehead atoms. The summed E-state index contributed by atoms with van der Waals surface area (Å²) in [6.07, 6.45) is 1.38. The number of nitrogens with one attached hydrogen (secondary N) is 1. The number of rotatable bonds is 8. The van der Waals surface area contributed by atoms with E-state index in [0.717, 1.165) is 30.8 Å². The summed E-state index contributed by atoms with van der Waals surface area (Å²) in [4.78, 5) is 30.2. The number of amides is 2. The van der Waals surface area contributed by atoms with Crippen molar-refractivity contribution in [3.8, 4) is 0 Å². The van der Waals surface area contributed by atoms with Gasteiger partial charge in [-0.1, -0.05) is 66.7 Å². The smallest absolute Gasteiger partial charge is 0.259 e. The van der Waals surface area contributed by atoms with Crippen molar-refractivity contribution in [1.82, 2.24) is 10.2 Å². The number of para-hydroxylation sites is 1. The summed E-state index contributed by atoms with van der Waals surface area (Å²) in [6, 6.07) is 26.8. The van der Waals surface area contributed by atoms with Gasteiger partial charge in [0.2, 0.25) is 5.91 Å². The van der Waals surface area contributed by atoms with Gasteiger partial charge < -0.3 is 10.2 Å². The Morgan fingerprint density at radius 2 is 1.59 bits per heavy atom. The van der Waals surface area contributed by atoms with E-state index in [-0.39, 0.29) is 11.8 Å². The molecule has 3 aromatic carbocycles. The van der Waals surface area contributed by atoms with Gasteiger partial charge in [0.1, 0.15) is 6.04 Å². The molecule has 0 spiro atoms. The van der Waals surface area contributed by atoms with Crippen LogP contribution < -0.4 is 10.2 Å². The Morgan fingerprint density at radius 3 is 2.34 bits per heavy atom. The number of carbonyl (C=O) groups is 2. The van der Waals surface area contributed by atoms with Crippen LogP contribution in [0.4, 0.5) is 5.69 Å². The molecule has 1 atom stereocenters. The largest absolute Gasteiger partial charge is 0.354 e. The van der Waals surface area contributed by atoms with Gasteiger partial charge in [-0.25, -0.2) is 0 Å². The first-order valence-electron chi connectivity index (χ1n) is 11.1. The van der Waals surface area contributed by atoms with Crippen molar-refractivity contribution in [2.45, 2.75) is 25.4 Å². The van der Waals surface area contributed by atoms with E-state index in [9.17, 15) is 9.59 Å². The second-order valence-corrected chi connectivity index (χ2v) is 8.26. The maximum absolute atomic E-state index is 13.3. The Labute approximate surface area is 189 Å². The van der Waals surface area contributed by atoms with Crippen LogP contribution in [0.5, 0.6) is 0 Å². The van der Waals surface area contributed by atoms with E-state index >= 15 is 0 Å². The molecule has 164 valence electrons. The fourth-order valence-corrected chi connectivity index (χ4v) is 4.22. The van der Waals surface area contributed by atoms with Crippen LogP contribution in [0.2, 0.25) is 0 Å². The van der Waals surface area contributed by atoms with Crippen LogP contribution >= 0.6 is 0 Å². The third kappa shape index (κ3) is 5.06. The monoisotopic (exact) mass is 427 g/mol. The minimum Gasteiger partial charge on any atom is -0.354 e. The van der Waals surface area contributed by atoms with Gasteiger partial charge in [0.15, 0.2) is 0 Å². The number of benzene rings is 3. The molecule has 0 aromatic heterocycles. The maximum atomic E-state index is 13.3. The minimum atomic E-state index is -0.526. The highest BCUT2D eigenvalue weighted by atomic mass is 16.2. The van der Waals surface area contributed by atoms with Crippen LogP contribution in [-0.4, -0.2) is 42.9 Å². The number of hydrogen-bond donors (Lipinski definition) is 1. The Hall–Kier alpha value is -3.44. The Bertz CT molecular complexity index is 1050. The van der Waals surface area contributed by atoms with E-state index in [0.29, 0.717) is 18.5 Å². The predicted octanol–water partition coefficient (Wildman–Crippen LogP) is 3.90.